The fourth-order valence-corrected chi connectivity index (χ4v) is 3.97. The van der Waals surface area contributed by atoms with Crippen LogP contribution in [0.3, 0.4) is 0 Å². The van der Waals surface area contributed by atoms with Gasteiger partial charge in [-0.1, -0.05) is 50.6 Å². The zero-order valence-electron chi connectivity index (χ0n) is 20.0. The smallest absolute Gasteiger partial charge is 0.326 e. The fourth-order valence-electron chi connectivity index (χ4n) is 3.97. The normalized spacial score (nSPS) is 18.7. The zero-order chi connectivity index (χ0) is 26.1. The SMILES string of the molecule is CC[C@H](C)[C@H](N)C(=O)N1CCC[C@H]1C(=O)N[C@@H](CC(=O)O)C(=O)N[C@@H](Cc1ccccc1)C(=O)O. The summed E-state index contributed by atoms with van der Waals surface area (Å²) in [6.45, 7) is 4.08. The molecule has 0 bridgehead atoms. The van der Waals surface area contributed by atoms with Crippen LogP contribution in [0, 0.1) is 5.92 Å². The maximum Gasteiger partial charge on any atom is 0.326 e. The Hall–Kier alpha value is -3.47. The van der Waals surface area contributed by atoms with Gasteiger partial charge in [0.15, 0.2) is 0 Å². The second-order valence-corrected chi connectivity index (χ2v) is 8.85. The number of carbonyl (C=O) groups is 5. The summed E-state index contributed by atoms with van der Waals surface area (Å²) in [5.74, 6) is -4.72. The van der Waals surface area contributed by atoms with E-state index in [9.17, 15) is 34.2 Å². The molecular formula is C24H34N4O7. The van der Waals surface area contributed by atoms with Gasteiger partial charge in [0.25, 0.3) is 0 Å². The molecule has 0 unspecified atom stereocenters. The number of benzene rings is 1. The molecule has 1 aromatic rings. The highest BCUT2D eigenvalue weighted by Crippen LogP contribution is 2.21. The molecule has 35 heavy (non-hydrogen) atoms. The quantitative estimate of drug-likeness (QED) is 0.274. The molecule has 5 atom stereocenters. The van der Waals surface area contributed by atoms with Crippen molar-refractivity contribution in [3.63, 3.8) is 0 Å². The van der Waals surface area contributed by atoms with Crippen LogP contribution >= 0.6 is 0 Å². The molecule has 11 heteroatoms. The summed E-state index contributed by atoms with van der Waals surface area (Å²) in [5, 5.41) is 23.5. The van der Waals surface area contributed by atoms with Crippen molar-refractivity contribution in [3.8, 4) is 0 Å². The van der Waals surface area contributed by atoms with Crippen molar-refractivity contribution in [3.05, 3.63) is 35.9 Å². The van der Waals surface area contributed by atoms with Gasteiger partial charge in [0.2, 0.25) is 17.7 Å². The third-order valence-electron chi connectivity index (χ3n) is 6.29. The summed E-state index contributed by atoms with van der Waals surface area (Å²) in [7, 11) is 0. The summed E-state index contributed by atoms with van der Waals surface area (Å²) < 4.78 is 0. The number of nitrogens with one attached hydrogen (secondary N) is 2. The van der Waals surface area contributed by atoms with E-state index >= 15 is 0 Å². The first-order chi connectivity index (χ1) is 16.5. The summed E-state index contributed by atoms with van der Waals surface area (Å²) in [5.41, 5.74) is 6.72. The minimum absolute atomic E-state index is 0.0198. The van der Waals surface area contributed by atoms with Crippen LogP contribution in [-0.2, 0) is 30.4 Å². The summed E-state index contributed by atoms with van der Waals surface area (Å²) >= 11 is 0. The summed E-state index contributed by atoms with van der Waals surface area (Å²) in [4.78, 5) is 63.1. The number of carbonyl (C=O) groups excluding carboxylic acids is 3. The Labute approximate surface area is 204 Å². The van der Waals surface area contributed by atoms with Crippen LogP contribution in [0.15, 0.2) is 30.3 Å². The Balaban J connectivity index is 2.12. The number of carboxylic acid groups (broad SMARTS) is 2. The van der Waals surface area contributed by atoms with Crippen molar-refractivity contribution in [2.45, 2.75) is 70.1 Å². The Morgan fingerprint density at radius 2 is 1.74 bits per heavy atom. The van der Waals surface area contributed by atoms with Crippen molar-refractivity contribution in [2.75, 3.05) is 6.54 Å². The van der Waals surface area contributed by atoms with Gasteiger partial charge in [0.05, 0.1) is 12.5 Å². The van der Waals surface area contributed by atoms with Crippen molar-refractivity contribution < 1.29 is 34.2 Å². The zero-order valence-corrected chi connectivity index (χ0v) is 20.0. The standard InChI is InChI=1S/C24H34N4O7/c1-3-14(2)20(25)23(33)28-11-7-10-18(28)22(32)26-16(13-19(29)30)21(31)27-17(24(34)35)12-15-8-5-4-6-9-15/h4-6,8-9,14,16-18,20H,3,7,10-13,25H2,1-2H3,(H,26,32)(H,27,31)(H,29,30)(H,34,35)/t14-,16-,17-,18-,20-/m0/s1. The summed E-state index contributed by atoms with van der Waals surface area (Å²) in [6, 6.07) is 4.12. The number of rotatable bonds is 12. The van der Waals surface area contributed by atoms with E-state index in [4.69, 9.17) is 5.73 Å². The van der Waals surface area contributed by atoms with Gasteiger partial charge in [-0.2, -0.15) is 0 Å². The van der Waals surface area contributed by atoms with Gasteiger partial charge in [-0.05, 0) is 24.3 Å². The van der Waals surface area contributed by atoms with E-state index < -0.39 is 54.3 Å². The van der Waals surface area contributed by atoms with Crippen molar-refractivity contribution in [1.82, 2.24) is 15.5 Å². The van der Waals surface area contributed by atoms with Crippen molar-refractivity contribution in [2.24, 2.45) is 11.7 Å². The maximum atomic E-state index is 13.0. The van der Waals surface area contributed by atoms with E-state index in [0.717, 1.165) is 0 Å². The van der Waals surface area contributed by atoms with Crippen LogP contribution in [0.4, 0.5) is 0 Å². The van der Waals surface area contributed by atoms with E-state index in [2.05, 4.69) is 10.6 Å². The number of nitrogens with two attached hydrogens (primary N) is 1. The number of likely N-dealkylation sites (tertiary alicyclic amines) is 1. The highest BCUT2D eigenvalue weighted by atomic mass is 16.4. The van der Waals surface area contributed by atoms with Gasteiger partial charge in [0.1, 0.15) is 18.1 Å². The Kier molecular flexibility index (Phi) is 10.2. The fraction of sp³-hybridized carbons (Fsp3) is 0.542. The minimum atomic E-state index is -1.52. The molecule has 0 aromatic heterocycles. The minimum Gasteiger partial charge on any atom is -0.481 e. The Bertz CT molecular complexity index is 924. The number of aliphatic carboxylic acids is 2. The van der Waals surface area contributed by atoms with Crippen molar-refractivity contribution >= 4 is 29.7 Å². The Morgan fingerprint density at radius 3 is 2.31 bits per heavy atom. The van der Waals surface area contributed by atoms with E-state index in [1.165, 1.54) is 4.90 Å². The largest absolute Gasteiger partial charge is 0.481 e. The molecule has 3 amide bonds. The van der Waals surface area contributed by atoms with E-state index in [1.807, 2.05) is 13.8 Å². The van der Waals surface area contributed by atoms with Gasteiger partial charge in [0, 0.05) is 13.0 Å². The molecule has 1 fully saturated rings. The lowest BCUT2D eigenvalue weighted by Gasteiger charge is -2.30. The van der Waals surface area contributed by atoms with Gasteiger partial charge in [-0.15, -0.1) is 0 Å². The van der Waals surface area contributed by atoms with Gasteiger partial charge < -0.3 is 31.5 Å². The van der Waals surface area contributed by atoms with Gasteiger partial charge >= 0.3 is 11.9 Å². The number of carboxylic acids is 2. The monoisotopic (exact) mass is 490 g/mol. The molecule has 0 radical (unpaired) electrons. The molecule has 6 N–H and O–H groups in total. The first kappa shape index (κ1) is 27.8. The van der Waals surface area contributed by atoms with Crippen LogP contribution in [0.25, 0.3) is 0 Å². The molecule has 1 heterocycles. The van der Waals surface area contributed by atoms with E-state index in [0.29, 0.717) is 31.4 Å². The number of amides is 3. The molecular weight excluding hydrogens is 456 g/mol. The molecule has 0 spiro atoms. The van der Waals surface area contributed by atoms with Crippen LogP contribution in [0.1, 0.15) is 45.1 Å². The number of nitrogens with zero attached hydrogens (tertiary/aromatic N) is 1. The average Bonchev–Trinajstić information content (AvgIpc) is 3.32. The average molecular weight is 491 g/mol. The lowest BCUT2D eigenvalue weighted by atomic mass is 9.98. The molecule has 1 aromatic carbocycles. The predicted molar refractivity (Wildman–Crippen MR) is 126 cm³/mol. The van der Waals surface area contributed by atoms with Gasteiger partial charge in [-0.25, -0.2) is 4.79 Å². The molecule has 11 nitrogen and oxygen atoms in total. The first-order valence-corrected chi connectivity index (χ1v) is 11.7. The molecule has 2 rings (SSSR count). The second kappa shape index (κ2) is 12.8. The van der Waals surface area contributed by atoms with Crippen LogP contribution in [0.2, 0.25) is 0 Å². The van der Waals surface area contributed by atoms with Crippen molar-refractivity contribution in [1.29, 1.82) is 0 Å². The molecule has 1 aliphatic heterocycles. The lowest BCUT2D eigenvalue weighted by molar-refractivity contribution is -0.145. The number of hydrogen-bond acceptors (Lipinski definition) is 6. The highest BCUT2D eigenvalue weighted by Gasteiger charge is 2.39. The highest BCUT2D eigenvalue weighted by molar-refractivity contribution is 5.96. The van der Waals surface area contributed by atoms with E-state index in [1.54, 1.807) is 30.3 Å². The van der Waals surface area contributed by atoms with Crippen LogP contribution < -0.4 is 16.4 Å². The molecule has 0 aliphatic carbocycles. The van der Waals surface area contributed by atoms with Crippen LogP contribution in [0.5, 0.6) is 0 Å². The topological polar surface area (TPSA) is 179 Å². The predicted octanol–water partition coefficient (Wildman–Crippen LogP) is 0.122. The van der Waals surface area contributed by atoms with Crippen LogP contribution in [-0.4, -0.2) is 75.5 Å². The third-order valence-corrected chi connectivity index (χ3v) is 6.29. The lowest BCUT2D eigenvalue weighted by Crippen LogP contribution is -2.57. The molecule has 1 saturated heterocycles. The number of hydrogen-bond donors (Lipinski definition) is 5. The second-order valence-electron chi connectivity index (χ2n) is 8.85. The first-order valence-electron chi connectivity index (χ1n) is 11.7. The third kappa shape index (κ3) is 7.78. The molecule has 0 saturated carbocycles. The van der Waals surface area contributed by atoms with E-state index in [-0.39, 0.29) is 18.2 Å². The van der Waals surface area contributed by atoms with Gasteiger partial charge in [-0.3, -0.25) is 19.2 Å². The molecule has 192 valence electrons. The Morgan fingerprint density at radius 1 is 1.09 bits per heavy atom. The molecule has 1 aliphatic rings. The maximum absolute atomic E-state index is 13.0. The summed E-state index contributed by atoms with van der Waals surface area (Å²) in [6.07, 6.45) is 0.825.